The van der Waals surface area contributed by atoms with Gasteiger partial charge in [-0.2, -0.15) is 0 Å². The first kappa shape index (κ1) is 15.2. The van der Waals surface area contributed by atoms with Gasteiger partial charge in [0, 0.05) is 18.4 Å². The molecule has 1 aliphatic heterocycles. The smallest absolute Gasteiger partial charge is 0.113 e. The Morgan fingerprint density at radius 1 is 0.818 bits per heavy atom. The zero-order valence-electron chi connectivity index (χ0n) is 14.0. The average molecular weight is 291 g/mol. The lowest BCUT2D eigenvalue weighted by atomic mass is 9.90. The summed E-state index contributed by atoms with van der Waals surface area (Å²) in [7, 11) is 7.84. The molecule has 1 heterocycles. The highest BCUT2D eigenvalue weighted by molar-refractivity contribution is 6.32. The van der Waals surface area contributed by atoms with Gasteiger partial charge in [0.2, 0.25) is 0 Å². The molecule has 0 spiro atoms. The van der Waals surface area contributed by atoms with E-state index in [4.69, 9.17) is 12.6 Å². The molecule has 22 heavy (non-hydrogen) atoms. The number of hydrogen-bond donors (Lipinski definition) is 0. The third-order valence-electron chi connectivity index (χ3n) is 4.48. The van der Waals surface area contributed by atoms with Gasteiger partial charge < -0.3 is 9.64 Å². The summed E-state index contributed by atoms with van der Waals surface area (Å²) >= 11 is 0. The summed E-state index contributed by atoms with van der Waals surface area (Å²) < 4.78 is 6.23. The molecular formula is C19H22BNO. The van der Waals surface area contributed by atoms with Crippen LogP contribution in [0.3, 0.4) is 0 Å². The second kappa shape index (κ2) is 4.89. The van der Waals surface area contributed by atoms with Crippen LogP contribution < -0.4 is 10.4 Å². The maximum atomic E-state index is 6.23. The molecule has 0 fully saturated rings. The Bertz CT molecular complexity index is 704. The summed E-state index contributed by atoms with van der Waals surface area (Å²) in [5, 5.41) is 0. The second-order valence-corrected chi connectivity index (χ2v) is 7.00. The van der Waals surface area contributed by atoms with Crippen molar-refractivity contribution in [1.82, 2.24) is 0 Å². The van der Waals surface area contributed by atoms with Crippen LogP contribution in [0.4, 0.5) is 11.4 Å². The van der Waals surface area contributed by atoms with Crippen LogP contribution in [-0.4, -0.2) is 14.9 Å². The van der Waals surface area contributed by atoms with Crippen molar-refractivity contribution in [3.63, 3.8) is 0 Å². The molecule has 0 bridgehead atoms. The summed E-state index contributed by atoms with van der Waals surface area (Å²) in [6, 6.07) is 14.5. The third kappa shape index (κ3) is 2.44. The third-order valence-corrected chi connectivity index (χ3v) is 4.48. The topological polar surface area (TPSA) is 12.5 Å². The number of fused-ring (bicyclic) bond motifs is 1. The average Bonchev–Trinajstić information content (AvgIpc) is 2.64. The van der Waals surface area contributed by atoms with Crippen LogP contribution >= 0.6 is 0 Å². The lowest BCUT2D eigenvalue weighted by molar-refractivity contribution is -0.105. The molecule has 0 N–H and O–H groups in total. The van der Waals surface area contributed by atoms with E-state index in [9.17, 15) is 0 Å². The van der Waals surface area contributed by atoms with Gasteiger partial charge in [0.25, 0.3) is 0 Å². The van der Waals surface area contributed by atoms with Crippen LogP contribution in [0.25, 0.3) is 0 Å². The summed E-state index contributed by atoms with van der Waals surface area (Å²) in [5.74, 6) is 0. The molecule has 0 saturated heterocycles. The molecule has 2 nitrogen and oxygen atoms in total. The Kier molecular flexibility index (Phi) is 3.37. The Morgan fingerprint density at radius 3 is 2.00 bits per heavy atom. The summed E-state index contributed by atoms with van der Waals surface area (Å²) in [6.07, 6.45) is 0. The van der Waals surface area contributed by atoms with Gasteiger partial charge in [-0.1, -0.05) is 23.7 Å². The highest BCUT2D eigenvalue weighted by Crippen LogP contribution is 2.47. The highest BCUT2D eigenvalue weighted by Gasteiger charge is 2.42. The predicted octanol–water partition coefficient (Wildman–Crippen LogP) is 3.75. The van der Waals surface area contributed by atoms with Crippen molar-refractivity contribution in [1.29, 1.82) is 0 Å². The zero-order chi connectivity index (χ0) is 16.1. The number of rotatable bonds is 2. The van der Waals surface area contributed by atoms with Crippen LogP contribution in [-0.2, 0) is 15.9 Å². The molecule has 2 radical (unpaired) electrons. The van der Waals surface area contributed by atoms with Gasteiger partial charge in [0.1, 0.15) is 7.85 Å². The molecule has 0 saturated carbocycles. The fourth-order valence-electron chi connectivity index (χ4n) is 3.36. The van der Waals surface area contributed by atoms with E-state index in [1.807, 2.05) is 24.3 Å². The van der Waals surface area contributed by atoms with E-state index in [0.717, 1.165) is 16.8 Å². The van der Waals surface area contributed by atoms with Crippen molar-refractivity contribution in [3.05, 3.63) is 53.6 Å². The SMILES string of the molecule is [B]c1ccc(N(C)c2ccc3c(c2)C(C)(C)OC3(C)C)cc1. The molecular weight excluding hydrogens is 269 g/mol. The van der Waals surface area contributed by atoms with E-state index in [1.54, 1.807) is 0 Å². The normalized spacial score (nSPS) is 18.0. The van der Waals surface area contributed by atoms with Crippen LogP contribution in [0.15, 0.2) is 42.5 Å². The van der Waals surface area contributed by atoms with E-state index >= 15 is 0 Å². The molecule has 0 aliphatic carbocycles. The van der Waals surface area contributed by atoms with Crippen molar-refractivity contribution in [2.75, 3.05) is 11.9 Å². The molecule has 2 aromatic rings. The summed E-state index contributed by atoms with van der Waals surface area (Å²) in [4.78, 5) is 2.17. The maximum absolute atomic E-state index is 6.23. The Hall–Kier alpha value is -1.74. The van der Waals surface area contributed by atoms with E-state index in [0.29, 0.717) is 0 Å². The Balaban J connectivity index is 2.02. The fourth-order valence-corrected chi connectivity index (χ4v) is 3.36. The van der Waals surface area contributed by atoms with Crippen molar-refractivity contribution in [3.8, 4) is 0 Å². The first-order chi connectivity index (χ1) is 10.2. The van der Waals surface area contributed by atoms with Crippen molar-refractivity contribution in [2.45, 2.75) is 38.9 Å². The quantitative estimate of drug-likeness (QED) is 0.781. The summed E-state index contributed by atoms with van der Waals surface area (Å²) in [5.41, 5.74) is 5.07. The van der Waals surface area contributed by atoms with Crippen molar-refractivity contribution in [2.24, 2.45) is 0 Å². The monoisotopic (exact) mass is 291 g/mol. The van der Waals surface area contributed by atoms with E-state index in [2.05, 4.69) is 57.8 Å². The fraction of sp³-hybridized carbons (Fsp3) is 0.368. The van der Waals surface area contributed by atoms with Crippen LogP contribution in [0.2, 0.25) is 0 Å². The van der Waals surface area contributed by atoms with Crippen LogP contribution in [0.5, 0.6) is 0 Å². The van der Waals surface area contributed by atoms with E-state index in [1.165, 1.54) is 11.1 Å². The van der Waals surface area contributed by atoms with Crippen molar-refractivity contribution >= 4 is 24.7 Å². The zero-order valence-corrected chi connectivity index (χ0v) is 14.0. The minimum atomic E-state index is -0.267. The van der Waals surface area contributed by atoms with E-state index in [-0.39, 0.29) is 11.2 Å². The largest absolute Gasteiger partial charge is 0.360 e. The number of anilines is 2. The second-order valence-electron chi connectivity index (χ2n) is 7.00. The molecule has 0 atom stereocenters. The minimum Gasteiger partial charge on any atom is -0.360 e. The minimum absolute atomic E-state index is 0.239. The molecule has 0 amide bonds. The number of benzene rings is 2. The molecule has 0 unspecified atom stereocenters. The van der Waals surface area contributed by atoms with Crippen LogP contribution in [0.1, 0.15) is 38.8 Å². The highest BCUT2D eigenvalue weighted by atomic mass is 16.5. The van der Waals surface area contributed by atoms with Gasteiger partial charge >= 0.3 is 0 Å². The molecule has 3 heteroatoms. The lowest BCUT2D eigenvalue weighted by Crippen LogP contribution is -2.22. The van der Waals surface area contributed by atoms with Gasteiger partial charge in [0.05, 0.1) is 11.2 Å². The first-order valence-electron chi connectivity index (χ1n) is 7.65. The van der Waals surface area contributed by atoms with Gasteiger partial charge in [-0.25, -0.2) is 0 Å². The van der Waals surface area contributed by atoms with Gasteiger partial charge in [-0.3, -0.25) is 0 Å². The van der Waals surface area contributed by atoms with Crippen LogP contribution in [0, 0.1) is 0 Å². The van der Waals surface area contributed by atoms with Gasteiger partial charge in [0.15, 0.2) is 0 Å². The number of ether oxygens (including phenoxy) is 1. The van der Waals surface area contributed by atoms with E-state index < -0.39 is 0 Å². The predicted molar refractivity (Wildman–Crippen MR) is 93.5 cm³/mol. The Morgan fingerprint density at radius 2 is 1.36 bits per heavy atom. The number of nitrogens with zero attached hydrogens (tertiary/aromatic N) is 1. The van der Waals surface area contributed by atoms with Gasteiger partial charge in [-0.15, -0.1) is 0 Å². The molecule has 1 aliphatic rings. The maximum Gasteiger partial charge on any atom is 0.113 e. The Labute approximate surface area is 134 Å². The first-order valence-corrected chi connectivity index (χ1v) is 7.65. The standard InChI is InChI=1S/C19H22BNO/c1-18(2)16-11-10-15(12-17(16)19(3,4)22-18)21(5)14-8-6-13(20)7-9-14/h6-12H,1-5H3. The lowest BCUT2D eigenvalue weighted by Gasteiger charge is -2.25. The summed E-state index contributed by atoms with van der Waals surface area (Å²) in [6.45, 7) is 8.52. The number of hydrogen-bond acceptors (Lipinski definition) is 2. The van der Waals surface area contributed by atoms with Gasteiger partial charge in [-0.05, 0) is 63.1 Å². The molecule has 0 aromatic heterocycles. The molecule has 2 aromatic carbocycles. The van der Waals surface area contributed by atoms with Crippen molar-refractivity contribution < 1.29 is 4.74 Å². The molecule has 112 valence electrons. The molecule has 3 rings (SSSR count).